The van der Waals surface area contributed by atoms with Crippen LogP contribution in [-0.4, -0.2) is 75.7 Å². The number of carbonyl (C=O) groups is 1. The number of hydrogen-bond donors (Lipinski definition) is 4. The maximum Gasteiger partial charge on any atom is 0.475 e. The first-order chi connectivity index (χ1) is 14.9. The molecule has 0 spiro atoms. The lowest BCUT2D eigenvalue weighted by atomic mass is 10.0. The van der Waals surface area contributed by atoms with Crippen LogP contribution in [0.1, 0.15) is 80.1 Å². The van der Waals surface area contributed by atoms with Gasteiger partial charge in [0.25, 0.3) is 0 Å². The minimum absolute atomic E-state index is 0.436. The van der Waals surface area contributed by atoms with Gasteiger partial charge in [-0.1, -0.05) is 40.0 Å². The summed E-state index contributed by atoms with van der Waals surface area (Å²) in [6.45, 7) is 10.1. The average molecular weight is 487 g/mol. The molecule has 192 valence electrons. The van der Waals surface area contributed by atoms with Crippen molar-refractivity contribution in [2.75, 3.05) is 6.61 Å². The third-order valence-electron chi connectivity index (χ3n) is 4.73. The minimum Gasteiger partial charge on any atom is -0.461 e. The molecule has 0 saturated heterocycles. The van der Waals surface area contributed by atoms with E-state index in [0.29, 0.717) is 19.3 Å². The number of aliphatic hydroxyl groups is 4. The number of hydrogen-bond acceptors (Lipinski definition) is 10. The Kier molecular flexibility index (Phi) is 15.8. The van der Waals surface area contributed by atoms with E-state index in [1.165, 1.54) is 0 Å². The number of phosphoric acid groups is 1. The van der Waals surface area contributed by atoms with Crippen molar-refractivity contribution in [2.24, 2.45) is 0 Å². The van der Waals surface area contributed by atoms with Crippen molar-refractivity contribution in [3.05, 3.63) is 0 Å². The minimum atomic E-state index is -4.09. The Hall–Kier alpha value is -0.580. The largest absolute Gasteiger partial charge is 0.475 e. The monoisotopic (exact) mass is 486 g/mol. The van der Waals surface area contributed by atoms with E-state index in [0.717, 1.165) is 19.3 Å². The quantitative estimate of drug-likeness (QED) is 0.168. The van der Waals surface area contributed by atoms with Gasteiger partial charge in [0, 0.05) is 0 Å². The first kappa shape index (κ1) is 31.4. The van der Waals surface area contributed by atoms with Gasteiger partial charge in [-0.25, -0.2) is 9.36 Å². The number of phosphoric ester groups is 1. The molecule has 0 aromatic heterocycles. The molecule has 4 N–H and O–H groups in total. The van der Waals surface area contributed by atoms with E-state index < -0.39 is 63.1 Å². The molecule has 0 bridgehead atoms. The molecule has 10 nitrogen and oxygen atoms in total. The highest BCUT2D eigenvalue weighted by Crippen LogP contribution is 2.52. The molecule has 7 atom stereocenters. The van der Waals surface area contributed by atoms with Crippen molar-refractivity contribution >= 4 is 13.8 Å². The molecule has 0 aliphatic rings. The van der Waals surface area contributed by atoms with Gasteiger partial charge in [0.2, 0.25) is 0 Å². The topological polar surface area (TPSA) is 152 Å². The van der Waals surface area contributed by atoms with Crippen LogP contribution in [0.15, 0.2) is 0 Å². The van der Waals surface area contributed by atoms with E-state index >= 15 is 0 Å². The second kappa shape index (κ2) is 16.1. The van der Waals surface area contributed by atoms with Crippen molar-refractivity contribution in [3.63, 3.8) is 0 Å². The van der Waals surface area contributed by atoms with Gasteiger partial charge < -0.3 is 25.2 Å². The summed E-state index contributed by atoms with van der Waals surface area (Å²) in [5, 5.41) is 40.4. The summed E-state index contributed by atoms with van der Waals surface area (Å²) >= 11 is 0. The predicted molar refractivity (Wildman–Crippen MR) is 119 cm³/mol. The van der Waals surface area contributed by atoms with Crippen molar-refractivity contribution in [1.82, 2.24) is 0 Å². The lowest BCUT2D eigenvalue weighted by Crippen LogP contribution is -2.49. The second-order valence-corrected chi connectivity index (χ2v) is 9.76. The van der Waals surface area contributed by atoms with Crippen LogP contribution in [0, 0.1) is 0 Å². The molecule has 32 heavy (non-hydrogen) atoms. The number of rotatable bonds is 18. The zero-order valence-corrected chi connectivity index (χ0v) is 21.1. The lowest BCUT2D eigenvalue weighted by Gasteiger charge is -2.28. The van der Waals surface area contributed by atoms with Crippen LogP contribution in [0.25, 0.3) is 0 Å². The summed E-state index contributed by atoms with van der Waals surface area (Å²) in [6, 6.07) is 0. The number of carbonyl (C=O) groups excluding carboxylic acids is 1. The number of aliphatic hydroxyl groups excluding tert-OH is 4. The highest BCUT2D eigenvalue weighted by Gasteiger charge is 2.38. The summed E-state index contributed by atoms with van der Waals surface area (Å²) in [7, 11) is -4.09. The first-order valence-electron chi connectivity index (χ1n) is 11.4. The van der Waals surface area contributed by atoms with E-state index in [1.54, 1.807) is 20.8 Å². The van der Waals surface area contributed by atoms with Crippen LogP contribution < -0.4 is 0 Å². The fourth-order valence-corrected chi connectivity index (χ4v) is 4.60. The highest BCUT2D eigenvalue weighted by atomic mass is 31.2. The van der Waals surface area contributed by atoms with Crippen LogP contribution in [0.2, 0.25) is 0 Å². The standard InChI is InChI=1S/C21H43O10P/c1-7-10-14(4)29-21(26)20(25)19(24)18(23)17(22)13-28-32(27,30-15(5)11-8-2)31-16(6)12-9-3/h14-20,22-25H,7-13H2,1-6H3/t14?,15?,16?,17-,18-,19+,20-,32?/m1/s1. The molecule has 0 saturated carbocycles. The van der Waals surface area contributed by atoms with Crippen molar-refractivity contribution in [2.45, 2.75) is 123 Å². The molecule has 3 unspecified atom stereocenters. The van der Waals surface area contributed by atoms with E-state index in [9.17, 15) is 29.8 Å². The SMILES string of the molecule is CCCC(C)OC(=O)[C@H](O)[C@@H](O)[C@H](O)[C@H](O)COP(=O)(OC(C)CCC)OC(C)CCC. The van der Waals surface area contributed by atoms with E-state index in [4.69, 9.17) is 18.3 Å². The zero-order valence-electron chi connectivity index (χ0n) is 20.2. The zero-order chi connectivity index (χ0) is 24.9. The molecular formula is C21H43O10P. The van der Waals surface area contributed by atoms with Crippen LogP contribution in [0.5, 0.6) is 0 Å². The molecule has 0 rings (SSSR count). The summed E-state index contributed by atoms with van der Waals surface area (Å²) < 4.78 is 34.2. The predicted octanol–water partition coefficient (Wildman–Crippen LogP) is 2.70. The Morgan fingerprint density at radius 3 is 1.66 bits per heavy atom. The molecule has 0 aliphatic heterocycles. The van der Waals surface area contributed by atoms with Crippen molar-refractivity contribution < 1.29 is 48.1 Å². The van der Waals surface area contributed by atoms with Gasteiger partial charge >= 0.3 is 13.8 Å². The fraction of sp³-hybridized carbons (Fsp3) is 0.952. The molecule has 0 aliphatic carbocycles. The Morgan fingerprint density at radius 2 is 1.22 bits per heavy atom. The maximum atomic E-state index is 13.1. The lowest BCUT2D eigenvalue weighted by molar-refractivity contribution is -0.174. The molecule has 0 heterocycles. The van der Waals surface area contributed by atoms with Gasteiger partial charge in [-0.3, -0.25) is 13.6 Å². The molecule has 0 amide bonds. The smallest absolute Gasteiger partial charge is 0.461 e. The third-order valence-corrected chi connectivity index (χ3v) is 6.44. The van der Waals surface area contributed by atoms with Crippen LogP contribution >= 0.6 is 7.82 Å². The molecule has 0 fully saturated rings. The summed E-state index contributed by atoms with van der Waals surface area (Å²) in [4.78, 5) is 11.9. The average Bonchev–Trinajstić information content (AvgIpc) is 2.70. The Balaban J connectivity index is 5.03. The van der Waals surface area contributed by atoms with Crippen LogP contribution in [0.4, 0.5) is 0 Å². The highest BCUT2D eigenvalue weighted by molar-refractivity contribution is 7.48. The molecule has 0 aromatic carbocycles. The van der Waals surface area contributed by atoms with Gasteiger partial charge in [0.15, 0.2) is 6.10 Å². The van der Waals surface area contributed by atoms with Gasteiger partial charge in [-0.05, 0) is 40.0 Å². The Bertz CT molecular complexity index is 543. The molecule has 0 aromatic rings. The molecular weight excluding hydrogens is 443 g/mol. The van der Waals surface area contributed by atoms with Gasteiger partial charge in [0.1, 0.15) is 18.3 Å². The summed E-state index contributed by atoms with van der Waals surface area (Å²) in [5.41, 5.74) is 0. The Labute approximate surface area is 191 Å². The van der Waals surface area contributed by atoms with E-state index in [2.05, 4.69) is 0 Å². The maximum absolute atomic E-state index is 13.1. The first-order valence-corrected chi connectivity index (χ1v) is 12.9. The molecule has 0 radical (unpaired) electrons. The van der Waals surface area contributed by atoms with Gasteiger partial charge in [-0.2, -0.15) is 0 Å². The Morgan fingerprint density at radius 1 is 0.781 bits per heavy atom. The third kappa shape index (κ3) is 12.0. The molecule has 11 heteroatoms. The van der Waals surface area contributed by atoms with Crippen molar-refractivity contribution in [1.29, 1.82) is 0 Å². The number of ether oxygens (including phenoxy) is 1. The van der Waals surface area contributed by atoms with Crippen LogP contribution in [-0.2, 0) is 27.7 Å². The number of esters is 1. The second-order valence-electron chi connectivity index (χ2n) is 8.18. The summed E-state index contributed by atoms with van der Waals surface area (Å²) in [6.07, 6.45) is -5.15. The summed E-state index contributed by atoms with van der Waals surface area (Å²) in [5.74, 6) is -1.12. The van der Waals surface area contributed by atoms with E-state index in [-0.39, 0.29) is 0 Å². The fourth-order valence-electron chi connectivity index (χ4n) is 3.00. The van der Waals surface area contributed by atoms with Gasteiger partial charge in [-0.15, -0.1) is 0 Å². The van der Waals surface area contributed by atoms with E-state index in [1.807, 2.05) is 20.8 Å². The van der Waals surface area contributed by atoms with Crippen LogP contribution in [0.3, 0.4) is 0 Å². The normalized spacial score (nSPS) is 20.4. The van der Waals surface area contributed by atoms with Gasteiger partial charge in [0.05, 0.1) is 24.9 Å². The van der Waals surface area contributed by atoms with Crippen molar-refractivity contribution in [3.8, 4) is 0 Å².